The smallest absolute Gasteiger partial charge is 0.322 e. The van der Waals surface area contributed by atoms with Crippen molar-refractivity contribution in [1.82, 2.24) is 10.2 Å². The number of nitrogens with one attached hydrogen (secondary N) is 2. The maximum absolute atomic E-state index is 12.7. The van der Waals surface area contributed by atoms with E-state index in [1.807, 2.05) is 6.07 Å². The number of urea groups is 1. The summed E-state index contributed by atoms with van der Waals surface area (Å²) in [5, 5.41) is 15.6. The van der Waals surface area contributed by atoms with E-state index in [0.717, 1.165) is 5.56 Å². The molecule has 2 aromatic carbocycles. The molecule has 1 saturated heterocycles. The van der Waals surface area contributed by atoms with Gasteiger partial charge in [-0.3, -0.25) is 4.79 Å². The third-order valence-corrected chi connectivity index (χ3v) is 4.81. The number of rotatable bonds is 6. The van der Waals surface area contributed by atoms with Crippen molar-refractivity contribution in [2.45, 2.75) is 25.1 Å². The van der Waals surface area contributed by atoms with E-state index in [0.29, 0.717) is 17.2 Å². The topological polar surface area (TPSA) is 100 Å². The monoisotopic (exact) mass is 399 g/mol. The predicted octanol–water partition coefficient (Wildman–Crippen LogP) is 1.99. The average molecular weight is 399 g/mol. The molecule has 3 rings (SSSR count). The maximum atomic E-state index is 12.7. The third-order valence-electron chi connectivity index (χ3n) is 4.81. The molecule has 8 nitrogen and oxygen atoms in total. The molecule has 0 aromatic heterocycles. The van der Waals surface area contributed by atoms with Gasteiger partial charge in [-0.15, -0.1) is 0 Å². The van der Waals surface area contributed by atoms with Crippen molar-refractivity contribution in [2.75, 3.05) is 26.1 Å². The number of para-hydroxylation sites is 1. The molecule has 29 heavy (non-hydrogen) atoms. The number of aliphatic hydroxyl groups is 1. The number of hydrogen-bond acceptors (Lipinski definition) is 5. The summed E-state index contributed by atoms with van der Waals surface area (Å²) < 4.78 is 10.5. The van der Waals surface area contributed by atoms with Gasteiger partial charge in [0, 0.05) is 36.8 Å². The molecule has 154 valence electrons. The molecule has 0 aliphatic carbocycles. The second kappa shape index (κ2) is 9.29. The van der Waals surface area contributed by atoms with E-state index in [9.17, 15) is 14.7 Å². The number of nitrogens with zero attached hydrogens (tertiary/aromatic N) is 1. The van der Waals surface area contributed by atoms with Gasteiger partial charge in [0.15, 0.2) is 0 Å². The molecular weight excluding hydrogens is 374 g/mol. The number of hydrogen-bond donors (Lipinski definition) is 3. The fourth-order valence-corrected chi connectivity index (χ4v) is 3.30. The lowest BCUT2D eigenvalue weighted by atomic mass is 10.1. The minimum Gasteiger partial charge on any atom is -0.497 e. The molecule has 0 bridgehead atoms. The lowest BCUT2D eigenvalue weighted by Gasteiger charge is -2.24. The van der Waals surface area contributed by atoms with Crippen LogP contribution in [0, 0.1) is 0 Å². The van der Waals surface area contributed by atoms with Crippen LogP contribution in [0.4, 0.5) is 10.5 Å². The van der Waals surface area contributed by atoms with Crippen LogP contribution in [-0.2, 0) is 11.3 Å². The lowest BCUT2D eigenvalue weighted by Crippen LogP contribution is -2.47. The molecule has 3 amide bonds. The first-order chi connectivity index (χ1) is 14.0. The second-order valence-electron chi connectivity index (χ2n) is 6.75. The van der Waals surface area contributed by atoms with Crippen LogP contribution in [0.5, 0.6) is 11.5 Å². The van der Waals surface area contributed by atoms with Gasteiger partial charge < -0.3 is 30.1 Å². The number of methoxy groups -OCH3 is 2. The van der Waals surface area contributed by atoms with Gasteiger partial charge in [0.25, 0.3) is 0 Å². The van der Waals surface area contributed by atoms with Crippen LogP contribution in [0.2, 0.25) is 0 Å². The summed E-state index contributed by atoms with van der Waals surface area (Å²) in [5.74, 6) is 0.914. The van der Waals surface area contributed by atoms with E-state index in [4.69, 9.17) is 9.47 Å². The highest BCUT2D eigenvalue weighted by atomic mass is 16.5. The molecule has 1 heterocycles. The van der Waals surface area contributed by atoms with Crippen LogP contribution in [0.3, 0.4) is 0 Å². The summed E-state index contributed by atoms with van der Waals surface area (Å²) in [6.45, 7) is 0.329. The molecule has 0 saturated carbocycles. The minimum absolute atomic E-state index is 0.0998. The van der Waals surface area contributed by atoms with Crippen LogP contribution < -0.4 is 20.1 Å². The second-order valence-corrected chi connectivity index (χ2v) is 6.75. The Morgan fingerprint density at radius 2 is 1.90 bits per heavy atom. The van der Waals surface area contributed by atoms with Crippen molar-refractivity contribution in [2.24, 2.45) is 0 Å². The highest BCUT2D eigenvalue weighted by Crippen LogP contribution is 2.25. The van der Waals surface area contributed by atoms with E-state index >= 15 is 0 Å². The zero-order valence-corrected chi connectivity index (χ0v) is 16.4. The Labute approximate surface area is 169 Å². The fraction of sp³-hybridized carbons (Fsp3) is 0.333. The molecule has 0 radical (unpaired) electrons. The molecule has 0 spiro atoms. The molecular formula is C21H25N3O5. The zero-order chi connectivity index (χ0) is 20.8. The highest BCUT2D eigenvalue weighted by molar-refractivity contribution is 5.94. The number of carbonyl (C=O) groups is 2. The molecule has 1 aliphatic rings. The number of β-amino-alcohol motifs (C(OH)–C–C–N with tert-alkyl or cyclic N) is 1. The standard InChI is InChI=1S/C21H25N3O5/c1-28-17-9-8-14(19(11-17)29-2)12-22-20(26)18-10-16(25)13-24(18)21(27)23-15-6-4-3-5-7-15/h3-9,11,16,18,25H,10,12-13H2,1-2H3,(H,22,26)(H,23,27)/t16-,18-/m1/s1. The number of carbonyl (C=O) groups excluding carboxylic acids is 2. The molecule has 1 fully saturated rings. The van der Waals surface area contributed by atoms with E-state index in [1.54, 1.807) is 56.7 Å². The normalized spacial score (nSPS) is 18.2. The zero-order valence-electron chi connectivity index (χ0n) is 16.4. The average Bonchev–Trinajstić information content (AvgIpc) is 3.14. The Kier molecular flexibility index (Phi) is 6.56. The van der Waals surface area contributed by atoms with Crippen LogP contribution >= 0.6 is 0 Å². The van der Waals surface area contributed by atoms with Gasteiger partial charge in [-0.1, -0.05) is 18.2 Å². The Hall–Kier alpha value is -3.26. The van der Waals surface area contributed by atoms with E-state index in [-0.39, 0.29) is 25.4 Å². The Balaban J connectivity index is 1.65. The predicted molar refractivity (Wildman–Crippen MR) is 108 cm³/mol. The highest BCUT2D eigenvalue weighted by Gasteiger charge is 2.39. The van der Waals surface area contributed by atoms with Crippen LogP contribution in [-0.4, -0.2) is 54.9 Å². The molecule has 2 aromatic rings. The Morgan fingerprint density at radius 1 is 1.14 bits per heavy atom. The maximum Gasteiger partial charge on any atom is 0.322 e. The van der Waals surface area contributed by atoms with E-state index < -0.39 is 18.2 Å². The van der Waals surface area contributed by atoms with Crippen molar-refractivity contribution in [3.05, 3.63) is 54.1 Å². The van der Waals surface area contributed by atoms with Crippen LogP contribution in [0.1, 0.15) is 12.0 Å². The van der Waals surface area contributed by atoms with Gasteiger partial charge in [0.2, 0.25) is 5.91 Å². The SMILES string of the molecule is COc1ccc(CNC(=O)[C@H]2C[C@@H](O)CN2C(=O)Nc2ccccc2)c(OC)c1. The number of benzene rings is 2. The molecule has 1 aliphatic heterocycles. The molecule has 0 unspecified atom stereocenters. The van der Waals surface area contributed by atoms with Crippen molar-refractivity contribution in [1.29, 1.82) is 0 Å². The number of anilines is 1. The van der Waals surface area contributed by atoms with Gasteiger partial charge in [0.05, 0.1) is 20.3 Å². The summed E-state index contributed by atoms with van der Waals surface area (Å²) in [5.41, 5.74) is 1.40. The van der Waals surface area contributed by atoms with Gasteiger partial charge in [-0.05, 0) is 24.3 Å². The minimum atomic E-state index is -0.752. The van der Waals surface area contributed by atoms with E-state index in [1.165, 1.54) is 4.90 Å². The first-order valence-corrected chi connectivity index (χ1v) is 9.31. The first-order valence-electron chi connectivity index (χ1n) is 9.31. The first kappa shape index (κ1) is 20.5. The lowest BCUT2D eigenvalue weighted by molar-refractivity contribution is -0.124. The quantitative estimate of drug-likeness (QED) is 0.690. The summed E-state index contributed by atoms with van der Waals surface area (Å²) in [4.78, 5) is 26.7. The van der Waals surface area contributed by atoms with Crippen molar-refractivity contribution >= 4 is 17.6 Å². The van der Waals surface area contributed by atoms with E-state index in [2.05, 4.69) is 10.6 Å². The Bertz CT molecular complexity index is 859. The van der Waals surface area contributed by atoms with Gasteiger partial charge in [-0.2, -0.15) is 0 Å². The fourth-order valence-electron chi connectivity index (χ4n) is 3.30. The van der Waals surface area contributed by atoms with Gasteiger partial charge in [-0.25, -0.2) is 4.79 Å². The van der Waals surface area contributed by atoms with Crippen molar-refractivity contribution in [3.8, 4) is 11.5 Å². The summed E-state index contributed by atoms with van der Waals surface area (Å²) in [6, 6.07) is 13.1. The summed E-state index contributed by atoms with van der Waals surface area (Å²) >= 11 is 0. The number of aliphatic hydroxyl groups excluding tert-OH is 1. The third kappa shape index (κ3) is 4.97. The largest absolute Gasteiger partial charge is 0.497 e. The molecule has 8 heteroatoms. The van der Waals surface area contributed by atoms with Crippen LogP contribution in [0.15, 0.2) is 48.5 Å². The Morgan fingerprint density at radius 3 is 2.59 bits per heavy atom. The number of likely N-dealkylation sites (tertiary alicyclic amines) is 1. The van der Waals surface area contributed by atoms with Gasteiger partial charge >= 0.3 is 6.03 Å². The van der Waals surface area contributed by atoms with Gasteiger partial charge in [0.1, 0.15) is 17.5 Å². The molecule has 2 atom stereocenters. The van der Waals surface area contributed by atoms with Crippen molar-refractivity contribution < 1.29 is 24.2 Å². The van der Waals surface area contributed by atoms with Crippen molar-refractivity contribution in [3.63, 3.8) is 0 Å². The summed E-state index contributed by atoms with van der Waals surface area (Å²) in [6.07, 6.45) is -0.559. The van der Waals surface area contributed by atoms with Crippen LogP contribution in [0.25, 0.3) is 0 Å². The number of ether oxygens (including phenoxy) is 2. The molecule has 3 N–H and O–H groups in total. The number of amides is 3. The summed E-state index contributed by atoms with van der Waals surface area (Å²) in [7, 11) is 3.11.